The number of amides is 2. The summed E-state index contributed by atoms with van der Waals surface area (Å²) in [6, 6.07) is 5.63. The number of halogens is 1. The molecule has 0 unspecified atom stereocenters. The van der Waals surface area contributed by atoms with E-state index in [4.69, 9.17) is 10.2 Å². The fraction of sp³-hybridized carbons (Fsp3) is 0.385. The van der Waals surface area contributed by atoms with Crippen molar-refractivity contribution in [2.75, 3.05) is 13.1 Å². The molecule has 0 radical (unpaired) electrons. The lowest BCUT2D eigenvalue weighted by Crippen LogP contribution is -2.38. The first-order valence-corrected chi connectivity index (χ1v) is 6.16. The third-order valence-electron chi connectivity index (χ3n) is 2.58. The maximum Gasteiger partial charge on any atom is 0.332 e. The first-order chi connectivity index (χ1) is 9.49. The summed E-state index contributed by atoms with van der Waals surface area (Å²) in [5.74, 6) is -1.65. The van der Waals surface area contributed by atoms with Crippen LogP contribution in [0.15, 0.2) is 24.3 Å². The summed E-state index contributed by atoms with van der Waals surface area (Å²) >= 11 is 0. The highest BCUT2D eigenvalue weighted by Gasteiger charge is 2.12. The van der Waals surface area contributed by atoms with Crippen molar-refractivity contribution in [1.29, 1.82) is 0 Å². The molecule has 1 aromatic rings. The zero-order valence-corrected chi connectivity index (χ0v) is 10.8. The fourth-order valence-electron chi connectivity index (χ4n) is 1.52. The molecule has 20 heavy (non-hydrogen) atoms. The number of nitrogens with one attached hydrogen (secondary N) is 2. The van der Waals surface area contributed by atoms with Crippen LogP contribution in [0.2, 0.25) is 0 Å². The van der Waals surface area contributed by atoms with Crippen LogP contribution >= 0.6 is 0 Å². The third kappa shape index (κ3) is 6.14. The molecule has 1 rings (SSSR count). The van der Waals surface area contributed by atoms with Crippen molar-refractivity contribution in [3.8, 4) is 0 Å². The molecule has 0 aromatic heterocycles. The number of hydrogen-bond acceptors (Lipinski definition) is 3. The predicted molar refractivity (Wildman–Crippen MR) is 69.8 cm³/mol. The van der Waals surface area contributed by atoms with Gasteiger partial charge in [-0.1, -0.05) is 12.1 Å². The van der Waals surface area contributed by atoms with Crippen molar-refractivity contribution in [2.45, 2.75) is 18.9 Å². The van der Waals surface area contributed by atoms with Gasteiger partial charge in [0, 0.05) is 19.5 Å². The molecule has 6 nitrogen and oxygen atoms in total. The van der Waals surface area contributed by atoms with Gasteiger partial charge in [-0.05, 0) is 24.1 Å². The summed E-state index contributed by atoms with van der Waals surface area (Å²) in [5.41, 5.74) is 0.770. The maximum atomic E-state index is 12.9. The summed E-state index contributed by atoms with van der Waals surface area (Å²) in [4.78, 5) is 21.6. The van der Waals surface area contributed by atoms with Gasteiger partial charge in [-0.3, -0.25) is 0 Å². The Balaban J connectivity index is 2.16. The Morgan fingerprint density at radius 2 is 1.95 bits per heavy atom. The van der Waals surface area contributed by atoms with E-state index >= 15 is 0 Å². The van der Waals surface area contributed by atoms with Gasteiger partial charge in [-0.15, -0.1) is 0 Å². The van der Waals surface area contributed by atoms with Crippen LogP contribution in [0.25, 0.3) is 0 Å². The number of urea groups is 1. The number of hydrogen-bond donors (Lipinski definition) is 4. The molecular formula is C13H17FN2O4. The number of carbonyl (C=O) groups is 2. The lowest BCUT2D eigenvalue weighted by atomic mass is 10.1. The van der Waals surface area contributed by atoms with E-state index in [1.807, 2.05) is 0 Å². The van der Waals surface area contributed by atoms with Crippen molar-refractivity contribution >= 4 is 12.0 Å². The highest BCUT2D eigenvalue weighted by molar-refractivity contribution is 5.74. The van der Waals surface area contributed by atoms with Crippen molar-refractivity contribution in [1.82, 2.24) is 10.6 Å². The number of aliphatic hydroxyl groups excluding tert-OH is 1. The average molecular weight is 284 g/mol. The van der Waals surface area contributed by atoms with E-state index in [1.54, 1.807) is 12.1 Å². The Bertz CT molecular complexity index is 467. The van der Waals surface area contributed by atoms with Crippen LogP contribution in [0.4, 0.5) is 9.18 Å². The van der Waals surface area contributed by atoms with Crippen LogP contribution in [0.3, 0.4) is 0 Å². The monoisotopic (exact) mass is 284 g/mol. The van der Waals surface area contributed by atoms with Gasteiger partial charge in [0.25, 0.3) is 0 Å². The van der Waals surface area contributed by atoms with E-state index in [2.05, 4.69) is 10.6 Å². The summed E-state index contributed by atoms with van der Waals surface area (Å²) in [6.45, 7) is 0.385. The van der Waals surface area contributed by atoms with E-state index < -0.39 is 18.1 Å². The van der Waals surface area contributed by atoms with Crippen LogP contribution in [0.1, 0.15) is 12.0 Å². The molecule has 0 bridgehead atoms. The van der Waals surface area contributed by atoms with Crippen LogP contribution in [0, 0.1) is 5.82 Å². The summed E-state index contributed by atoms with van der Waals surface area (Å²) in [5, 5.41) is 22.4. The third-order valence-corrected chi connectivity index (χ3v) is 2.58. The van der Waals surface area contributed by atoms with Crippen LogP contribution in [-0.4, -0.2) is 41.4 Å². The largest absolute Gasteiger partial charge is 0.479 e. The van der Waals surface area contributed by atoms with E-state index in [-0.39, 0.29) is 18.8 Å². The normalized spacial score (nSPS) is 11.7. The van der Waals surface area contributed by atoms with Gasteiger partial charge in [0.15, 0.2) is 6.10 Å². The first-order valence-electron chi connectivity index (χ1n) is 6.16. The maximum absolute atomic E-state index is 12.9. The second kappa shape index (κ2) is 8.11. The fourth-order valence-corrected chi connectivity index (χ4v) is 1.52. The lowest BCUT2D eigenvalue weighted by molar-refractivity contribution is -0.146. The second-order valence-electron chi connectivity index (χ2n) is 4.21. The topological polar surface area (TPSA) is 98.7 Å². The minimum absolute atomic E-state index is 0.0548. The molecule has 2 amide bonds. The molecule has 0 aliphatic carbocycles. The number of benzene rings is 1. The number of aliphatic carboxylic acids is 1. The zero-order valence-electron chi connectivity index (χ0n) is 10.8. The first kappa shape index (κ1) is 15.9. The minimum Gasteiger partial charge on any atom is -0.479 e. The minimum atomic E-state index is -1.48. The number of rotatable bonds is 7. The Kier molecular flexibility index (Phi) is 6.45. The van der Waals surface area contributed by atoms with E-state index in [0.29, 0.717) is 13.0 Å². The highest BCUT2D eigenvalue weighted by atomic mass is 19.1. The van der Waals surface area contributed by atoms with Crippen molar-refractivity contribution in [3.05, 3.63) is 35.6 Å². The molecule has 0 saturated heterocycles. The molecule has 0 spiro atoms. The molecule has 0 saturated carbocycles. The molecule has 1 aromatic carbocycles. The smallest absolute Gasteiger partial charge is 0.332 e. The second-order valence-corrected chi connectivity index (χ2v) is 4.21. The van der Waals surface area contributed by atoms with Crippen molar-refractivity contribution < 1.29 is 24.2 Å². The summed E-state index contributed by atoms with van der Waals surface area (Å²) in [7, 11) is 0. The van der Waals surface area contributed by atoms with E-state index in [0.717, 1.165) is 5.56 Å². The van der Waals surface area contributed by atoms with E-state index in [9.17, 15) is 14.0 Å². The van der Waals surface area contributed by atoms with Gasteiger partial charge in [0.1, 0.15) is 5.82 Å². The molecule has 0 aliphatic rings. The van der Waals surface area contributed by atoms with Crippen molar-refractivity contribution in [3.63, 3.8) is 0 Å². The van der Waals surface area contributed by atoms with E-state index in [1.165, 1.54) is 12.1 Å². The number of carbonyl (C=O) groups excluding carboxylic acids is 1. The molecule has 0 heterocycles. The standard InChI is InChI=1S/C13H17FN2O4/c14-10-3-1-2-9(8-10)4-6-15-13(20)16-7-5-11(17)12(18)19/h1-3,8,11,17H,4-7H2,(H,18,19)(H2,15,16,20)/t11-/m0/s1. The molecule has 4 N–H and O–H groups in total. The van der Waals surface area contributed by atoms with Crippen LogP contribution in [-0.2, 0) is 11.2 Å². The molecular weight excluding hydrogens is 267 g/mol. The summed E-state index contributed by atoms with van der Waals surface area (Å²) < 4.78 is 12.9. The van der Waals surface area contributed by atoms with Gasteiger partial charge in [0.05, 0.1) is 0 Å². The Hall–Kier alpha value is -2.15. The van der Waals surface area contributed by atoms with Gasteiger partial charge < -0.3 is 20.8 Å². The average Bonchev–Trinajstić information content (AvgIpc) is 2.38. The lowest BCUT2D eigenvalue weighted by Gasteiger charge is -2.09. The van der Waals surface area contributed by atoms with Crippen molar-refractivity contribution in [2.24, 2.45) is 0 Å². The van der Waals surface area contributed by atoms with Gasteiger partial charge in [-0.2, -0.15) is 0 Å². The number of carboxylic acid groups (broad SMARTS) is 1. The quantitative estimate of drug-likeness (QED) is 0.586. The Morgan fingerprint density at radius 3 is 2.60 bits per heavy atom. The molecule has 1 atom stereocenters. The Labute approximate surface area is 115 Å². The van der Waals surface area contributed by atoms with Crippen LogP contribution in [0.5, 0.6) is 0 Å². The predicted octanol–water partition coefficient (Wildman–Crippen LogP) is 0.503. The SMILES string of the molecule is O=C(NCCc1cccc(F)c1)NCC[C@H](O)C(=O)O. The molecule has 7 heteroatoms. The molecule has 110 valence electrons. The van der Waals surface area contributed by atoms with Crippen LogP contribution < -0.4 is 10.6 Å². The number of carboxylic acids is 1. The van der Waals surface area contributed by atoms with Gasteiger partial charge >= 0.3 is 12.0 Å². The summed E-state index contributed by atoms with van der Waals surface area (Å²) in [6.07, 6.45) is -1.06. The zero-order chi connectivity index (χ0) is 15.0. The number of aliphatic hydroxyl groups is 1. The van der Waals surface area contributed by atoms with Gasteiger partial charge in [-0.25, -0.2) is 14.0 Å². The van der Waals surface area contributed by atoms with Gasteiger partial charge in [0.2, 0.25) is 0 Å². The Morgan fingerprint density at radius 1 is 1.25 bits per heavy atom. The molecule has 0 fully saturated rings. The highest BCUT2D eigenvalue weighted by Crippen LogP contribution is 2.03. The molecule has 0 aliphatic heterocycles.